The molecule has 0 N–H and O–H groups in total. The standard InChI is InChI=1S/C26H25N3O3.C2H2/c1-20-16-24(32-19-25-27-13-5-14-28-25)17-26(30)29(20)18-22-8-10-23(11-9-22)31-15-12-21-6-3-2-4-7-21;1-2/h2-11,13-14,16-17H,12,15,18-19H2,1H3;1-2H. The van der Waals surface area contributed by atoms with Crippen LogP contribution in [0.4, 0.5) is 0 Å². The van der Waals surface area contributed by atoms with Crippen molar-refractivity contribution in [2.75, 3.05) is 6.61 Å². The minimum Gasteiger partial charge on any atom is -0.493 e. The van der Waals surface area contributed by atoms with E-state index < -0.39 is 0 Å². The van der Waals surface area contributed by atoms with Gasteiger partial charge in [0.05, 0.1) is 13.2 Å². The number of hydrogen-bond acceptors (Lipinski definition) is 5. The number of pyridine rings is 1. The lowest BCUT2D eigenvalue weighted by Gasteiger charge is -2.13. The molecule has 0 fully saturated rings. The predicted octanol–water partition coefficient (Wildman–Crippen LogP) is 4.44. The Morgan fingerprint density at radius 2 is 1.53 bits per heavy atom. The van der Waals surface area contributed by atoms with Gasteiger partial charge in [0, 0.05) is 30.6 Å². The number of aryl methyl sites for hydroxylation is 1. The van der Waals surface area contributed by atoms with Gasteiger partial charge in [-0.25, -0.2) is 9.97 Å². The van der Waals surface area contributed by atoms with Crippen LogP contribution in [0, 0.1) is 19.8 Å². The van der Waals surface area contributed by atoms with Gasteiger partial charge in [-0.3, -0.25) is 4.79 Å². The van der Waals surface area contributed by atoms with Gasteiger partial charge in [0.25, 0.3) is 5.56 Å². The largest absolute Gasteiger partial charge is 0.493 e. The first-order chi connectivity index (χ1) is 16.7. The summed E-state index contributed by atoms with van der Waals surface area (Å²) in [5.41, 5.74) is 2.99. The summed E-state index contributed by atoms with van der Waals surface area (Å²) in [4.78, 5) is 20.9. The smallest absolute Gasteiger partial charge is 0.254 e. The molecule has 0 saturated heterocycles. The summed E-state index contributed by atoms with van der Waals surface area (Å²) in [6.07, 6.45) is 12.2. The van der Waals surface area contributed by atoms with Crippen LogP contribution >= 0.6 is 0 Å². The second-order valence-electron chi connectivity index (χ2n) is 7.44. The zero-order chi connectivity index (χ0) is 24.2. The van der Waals surface area contributed by atoms with Gasteiger partial charge in [0.1, 0.15) is 18.1 Å². The third kappa shape index (κ3) is 7.07. The molecule has 0 aliphatic rings. The molecule has 0 unspecified atom stereocenters. The Morgan fingerprint density at radius 1 is 0.824 bits per heavy atom. The van der Waals surface area contributed by atoms with Gasteiger partial charge < -0.3 is 14.0 Å². The molecular formula is C28H27N3O3. The molecule has 2 aromatic heterocycles. The summed E-state index contributed by atoms with van der Waals surface area (Å²) < 4.78 is 13.3. The summed E-state index contributed by atoms with van der Waals surface area (Å²) in [5.74, 6) is 1.90. The minimum atomic E-state index is -0.114. The highest BCUT2D eigenvalue weighted by atomic mass is 16.5. The van der Waals surface area contributed by atoms with Crippen LogP contribution in [0.3, 0.4) is 0 Å². The summed E-state index contributed by atoms with van der Waals surface area (Å²) in [5, 5.41) is 0. The predicted molar refractivity (Wildman–Crippen MR) is 133 cm³/mol. The average Bonchev–Trinajstić information content (AvgIpc) is 2.88. The monoisotopic (exact) mass is 453 g/mol. The van der Waals surface area contributed by atoms with Crippen molar-refractivity contribution in [3.63, 3.8) is 0 Å². The summed E-state index contributed by atoms with van der Waals surface area (Å²) in [7, 11) is 0. The van der Waals surface area contributed by atoms with Crippen molar-refractivity contribution in [3.05, 3.63) is 118 Å². The quantitative estimate of drug-likeness (QED) is 0.351. The van der Waals surface area contributed by atoms with Gasteiger partial charge in [-0.15, -0.1) is 12.8 Å². The van der Waals surface area contributed by atoms with Crippen LogP contribution in [-0.4, -0.2) is 21.1 Å². The number of hydrogen-bond donors (Lipinski definition) is 0. The summed E-state index contributed by atoms with van der Waals surface area (Å²) in [6, 6.07) is 23.2. The first-order valence-corrected chi connectivity index (χ1v) is 10.9. The molecule has 2 aromatic carbocycles. The molecule has 0 bridgehead atoms. The highest BCUT2D eigenvalue weighted by Gasteiger charge is 2.07. The van der Waals surface area contributed by atoms with Gasteiger partial charge in [-0.1, -0.05) is 42.5 Å². The maximum Gasteiger partial charge on any atom is 0.254 e. The van der Waals surface area contributed by atoms with E-state index in [9.17, 15) is 4.79 Å². The van der Waals surface area contributed by atoms with E-state index >= 15 is 0 Å². The normalized spacial score (nSPS) is 10.1. The van der Waals surface area contributed by atoms with E-state index in [0.717, 1.165) is 23.4 Å². The van der Waals surface area contributed by atoms with Crippen molar-refractivity contribution in [1.82, 2.24) is 14.5 Å². The second kappa shape index (κ2) is 12.6. The van der Waals surface area contributed by atoms with E-state index in [0.29, 0.717) is 24.7 Å². The third-order valence-electron chi connectivity index (χ3n) is 5.06. The van der Waals surface area contributed by atoms with Crippen molar-refractivity contribution < 1.29 is 9.47 Å². The molecule has 0 atom stereocenters. The molecule has 6 heteroatoms. The number of ether oxygens (including phenoxy) is 2. The van der Waals surface area contributed by atoms with E-state index in [1.807, 2.05) is 55.5 Å². The molecule has 0 amide bonds. The van der Waals surface area contributed by atoms with Crippen LogP contribution in [0.15, 0.2) is 90.0 Å². The van der Waals surface area contributed by atoms with Crippen LogP contribution < -0.4 is 15.0 Å². The van der Waals surface area contributed by atoms with Gasteiger partial charge in [0.15, 0.2) is 5.82 Å². The highest BCUT2D eigenvalue weighted by Crippen LogP contribution is 2.16. The van der Waals surface area contributed by atoms with Crippen molar-refractivity contribution in [2.45, 2.75) is 26.5 Å². The van der Waals surface area contributed by atoms with Crippen molar-refractivity contribution in [1.29, 1.82) is 0 Å². The van der Waals surface area contributed by atoms with Crippen LogP contribution in [0.5, 0.6) is 11.5 Å². The Hall–Kier alpha value is -4.37. The molecular weight excluding hydrogens is 426 g/mol. The average molecular weight is 454 g/mol. The van der Waals surface area contributed by atoms with E-state index in [1.54, 1.807) is 23.0 Å². The third-order valence-corrected chi connectivity index (χ3v) is 5.06. The van der Waals surface area contributed by atoms with E-state index in [1.165, 1.54) is 11.6 Å². The fraction of sp³-hybridized carbons (Fsp3) is 0.179. The first-order valence-electron chi connectivity index (χ1n) is 10.9. The number of nitrogens with zero attached hydrogens (tertiary/aromatic N) is 3. The van der Waals surface area contributed by atoms with Crippen molar-refractivity contribution in [2.24, 2.45) is 0 Å². The maximum absolute atomic E-state index is 12.6. The molecule has 6 nitrogen and oxygen atoms in total. The molecule has 0 radical (unpaired) electrons. The lowest BCUT2D eigenvalue weighted by Crippen LogP contribution is -2.22. The second-order valence-corrected chi connectivity index (χ2v) is 7.44. The van der Waals surface area contributed by atoms with E-state index in [-0.39, 0.29) is 12.2 Å². The zero-order valence-corrected chi connectivity index (χ0v) is 19.1. The molecule has 0 spiro atoms. The van der Waals surface area contributed by atoms with Gasteiger partial charge in [0.2, 0.25) is 0 Å². The molecule has 2 heterocycles. The van der Waals surface area contributed by atoms with Crippen molar-refractivity contribution in [3.8, 4) is 24.3 Å². The van der Waals surface area contributed by atoms with Crippen molar-refractivity contribution >= 4 is 0 Å². The SMILES string of the molecule is C#C.Cc1cc(OCc2ncccn2)cc(=O)n1Cc1ccc(OCCc2ccccc2)cc1. The Kier molecular flexibility index (Phi) is 9.00. The highest BCUT2D eigenvalue weighted by molar-refractivity contribution is 5.29. The van der Waals surface area contributed by atoms with Crippen LogP contribution in [0.1, 0.15) is 22.6 Å². The Morgan fingerprint density at radius 3 is 2.21 bits per heavy atom. The van der Waals surface area contributed by atoms with Crippen LogP contribution in [-0.2, 0) is 19.6 Å². The topological polar surface area (TPSA) is 66.2 Å². The number of terminal acetylenes is 1. The Balaban J connectivity index is 0.00000158. The van der Waals surface area contributed by atoms with E-state index in [2.05, 4.69) is 34.9 Å². The van der Waals surface area contributed by atoms with E-state index in [4.69, 9.17) is 9.47 Å². The lowest BCUT2D eigenvalue weighted by atomic mass is 10.2. The first kappa shape index (κ1) is 24.3. The lowest BCUT2D eigenvalue weighted by molar-refractivity contribution is 0.294. The molecule has 34 heavy (non-hydrogen) atoms. The van der Waals surface area contributed by atoms with Gasteiger partial charge in [-0.2, -0.15) is 0 Å². The van der Waals surface area contributed by atoms with Gasteiger partial charge >= 0.3 is 0 Å². The zero-order valence-electron chi connectivity index (χ0n) is 19.1. The molecule has 0 aliphatic carbocycles. The fourth-order valence-electron chi connectivity index (χ4n) is 3.34. The number of benzene rings is 2. The fourth-order valence-corrected chi connectivity index (χ4v) is 3.34. The Bertz CT molecular complexity index is 1230. The summed E-state index contributed by atoms with van der Waals surface area (Å²) in [6.45, 7) is 3.22. The Labute approximate surface area is 199 Å². The molecule has 0 aliphatic heterocycles. The number of rotatable bonds is 9. The van der Waals surface area contributed by atoms with Gasteiger partial charge in [-0.05, 0) is 42.3 Å². The minimum absolute atomic E-state index is 0.114. The molecule has 172 valence electrons. The summed E-state index contributed by atoms with van der Waals surface area (Å²) >= 11 is 0. The molecule has 4 aromatic rings. The number of aromatic nitrogens is 3. The molecule has 0 saturated carbocycles. The van der Waals surface area contributed by atoms with Crippen LogP contribution in [0.2, 0.25) is 0 Å². The molecule has 4 rings (SSSR count). The maximum atomic E-state index is 12.6. The van der Waals surface area contributed by atoms with Crippen LogP contribution in [0.25, 0.3) is 0 Å².